The molecule has 2 rings (SSSR count). The van der Waals surface area contributed by atoms with E-state index in [1.54, 1.807) is 37.3 Å². The number of amides is 3. The summed E-state index contributed by atoms with van der Waals surface area (Å²) in [4.78, 5) is 44.1. The number of nitrogens with one attached hydrogen (secondary N) is 1. The molecule has 0 spiro atoms. The zero-order chi connectivity index (χ0) is 19.1. The lowest BCUT2D eigenvalue weighted by molar-refractivity contribution is -0.132. The molecule has 0 radical (unpaired) electrons. The molecule has 0 bridgehead atoms. The molecule has 0 aliphatic carbocycles. The SMILES string of the molecule is C=C(C)C(N)=O.CC(=CC1=C(c2ccccc2)C(=O)NC1=O)C(=O)O. The van der Waals surface area contributed by atoms with Gasteiger partial charge in [0, 0.05) is 11.1 Å². The Morgan fingerprint density at radius 2 is 1.64 bits per heavy atom. The zero-order valence-corrected chi connectivity index (χ0v) is 13.8. The summed E-state index contributed by atoms with van der Waals surface area (Å²) in [5, 5.41) is 11.0. The summed E-state index contributed by atoms with van der Waals surface area (Å²) in [6, 6.07) is 8.65. The number of aliphatic carboxylic acids is 1. The molecule has 1 aromatic rings. The molecule has 0 saturated heterocycles. The minimum atomic E-state index is -1.13. The standard InChI is InChI=1S/C14H11NO4.C4H7NO/c1-8(14(18)19)7-10-11(13(17)15-12(10)16)9-5-3-2-4-6-9;1-3(2)4(5)6/h2-7H,1H3,(H,18,19)(H,15,16,17);1H2,2H3,(H2,5,6). The van der Waals surface area contributed by atoms with Crippen molar-refractivity contribution in [2.24, 2.45) is 5.73 Å². The zero-order valence-electron chi connectivity index (χ0n) is 13.8. The number of imide groups is 1. The Labute approximate surface area is 144 Å². The van der Waals surface area contributed by atoms with E-state index in [-0.39, 0.29) is 16.7 Å². The Hall–Kier alpha value is -3.48. The third kappa shape index (κ3) is 5.28. The highest BCUT2D eigenvalue weighted by Gasteiger charge is 2.30. The van der Waals surface area contributed by atoms with Crippen molar-refractivity contribution < 1.29 is 24.3 Å². The molecule has 0 saturated carbocycles. The number of hydrogen-bond donors (Lipinski definition) is 3. The molecule has 1 heterocycles. The first-order valence-corrected chi connectivity index (χ1v) is 7.17. The topological polar surface area (TPSA) is 127 Å². The fraction of sp³-hybridized carbons (Fsp3) is 0.111. The van der Waals surface area contributed by atoms with Crippen molar-refractivity contribution in [3.05, 3.63) is 65.3 Å². The van der Waals surface area contributed by atoms with Gasteiger partial charge in [0.25, 0.3) is 11.8 Å². The molecule has 3 amide bonds. The Morgan fingerprint density at radius 1 is 1.12 bits per heavy atom. The maximum Gasteiger partial charge on any atom is 0.331 e. The number of carbonyl (C=O) groups excluding carboxylic acids is 3. The van der Waals surface area contributed by atoms with Gasteiger partial charge in [0.15, 0.2) is 0 Å². The Bertz CT molecular complexity index is 792. The second-order valence-corrected chi connectivity index (χ2v) is 5.22. The summed E-state index contributed by atoms with van der Waals surface area (Å²) in [7, 11) is 0. The average molecular weight is 342 g/mol. The largest absolute Gasteiger partial charge is 0.478 e. The van der Waals surface area contributed by atoms with Gasteiger partial charge in [-0.15, -0.1) is 0 Å². The van der Waals surface area contributed by atoms with Gasteiger partial charge in [-0.2, -0.15) is 0 Å². The minimum absolute atomic E-state index is 0.00622. The van der Waals surface area contributed by atoms with Crippen LogP contribution in [0.1, 0.15) is 19.4 Å². The van der Waals surface area contributed by atoms with E-state index >= 15 is 0 Å². The quantitative estimate of drug-likeness (QED) is 0.559. The van der Waals surface area contributed by atoms with Gasteiger partial charge >= 0.3 is 5.97 Å². The molecule has 1 aliphatic heterocycles. The smallest absolute Gasteiger partial charge is 0.331 e. The fourth-order valence-electron chi connectivity index (χ4n) is 1.78. The number of carbonyl (C=O) groups is 4. The average Bonchev–Trinajstić information content (AvgIpc) is 2.82. The Balaban J connectivity index is 0.000000450. The molecule has 7 nitrogen and oxygen atoms in total. The van der Waals surface area contributed by atoms with Crippen LogP contribution in [-0.4, -0.2) is 28.8 Å². The third-order valence-electron chi connectivity index (χ3n) is 3.15. The lowest BCUT2D eigenvalue weighted by Crippen LogP contribution is -2.22. The predicted octanol–water partition coefficient (Wildman–Crippen LogP) is 1.18. The van der Waals surface area contributed by atoms with Gasteiger partial charge in [0.2, 0.25) is 5.91 Å². The van der Waals surface area contributed by atoms with E-state index in [2.05, 4.69) is 11.9 Å². The molecule has 1 aliphatic rings. The van der Waals surface area contributed by atoms with E-state index in [4.69, 9.17) is 10.8 Å². The molecular formula is C18H18N2O5. The minimum Gasteiger partial charge on any atom is -0.478 e. The fourth-order valence-corrected chi connectivity index (χ4v) is 1.78. The van der Waals surface area contributed by atoms with Crippen LogP contribution in [0.25, 0.3) is 5.57 Å². The monoisotopic (exact) mass is 342 g/mol. The highest BCUT2D eigenvalue weighted by molar-refractivity contribution is 6.37. The van der Waals surface area contributed by atoms with Crippen LogP contribution in [0, 0.1) is 0 Å². The number of nitrogens with two attached hydrogens (primary N) is 1. The number of primary amides is 1. The summed E-state index contributed by atoms with van der Waals surface area (Å²) < 4.78 is 0. The predicted molar refractivity (Wildman–Crippen MR) is 91.9 cm³/mol. The van der Waals surface area contributed by atoms with Crippen LogP contribution >= 0.6 is 0 Å². The summed E-state index contributed by atoms with van der Waals surface area (Å²) in [5.74, 6) is -2.66. The third-order valence-corrected chi connectivity index (χ3v) is 3.15. The van der Waals surface area contributed by atoms with Crippen LogP contribution in [0.4, 0.5) is 0 Å². The summed E-state index contributed by atoms with van der Waals surface area (Å²) in [6.07, 6.45) is 1.21. The van der Waals surface area contributed by atoms with Gasteiger partial charge in [0.1, 0.15) is 0 Å². The molecule has 0 atom stereocenters. The van der Waals surface area contributed by atoms with Crippen LogP contribution in [0.15, 0.2) is 59.7 Å². The second-order valence-electron chi connectivity index (χ2n) is 5.22. The number of rotatable bonds is 4. The van der Waals surface area contributed by atoms with Gasteiger partial charge in [-0.05, 0) is 25.5 Å². The molecule has 25 heavy (non-hydrogen) atoms. The summed E-state index contributed by atoms with van der Waals surface area (Å²) in [6.45, 7) is 6.22. The maximum atomic E-state index is 11.8. The summed E-state index contributed by atoms with van der Waals surface area (Å²) in [5.41, 5.74) is 5.95. The molecule has 130 valence electrons. The first-order chi connectivity index (χ1) is 11.6. The lowest BCUT2D eigenvalue weighted by atomic mass is 10.0. The van der Waals surface area contributed by atoms with Gasteiger partial charge in [-0.25, -0.2) is 4.79 Å². The molecule has 4 N–H and O–H groups in total. The van der Waals surface area contributed by atoms with E-state index in [0.29, 0.717) is 11.1 Å². The molecule has 0 unspecified atom stereocenters. The first-order valence-electron chi connectivity index (χ1n) is 7.17. The highest BCUT2D eigenvalue weighted by Crippen LogP contribution is 2.25. The maximum absolute atomic E-state index is 11.8. The van der Waals surface area contributed by atoms with Crippen molar-refractivity contribution in [3.63, 3.8) is 0 Å². The number of carboxylic acids is 1. The molecule has 7 heteroatoms. The van der Waals surface area contributed by atoms with Crippen molar-refractivity contribution in [3.8, 4) is 0 Å². The number of hydrogen-bond acceptors (Lipinski definition) is 4. The van der Waals surface area contributed by atoms with Crippen molar-refractivity contribution in [1.82, 2.24) is 5.32 Å². The van der Waals surface area contributed by atoms with Crippen molar-refractivity contribution in [2.75, 3.05) is 0 Å². The van der Waals surface area contributed by atoms with Crippen LogP contribution in [0.2, 0.25) is 0 Å². The number of benzene rings is 1. The van der Waals surface area contributed by atoms with Crippen LogP contribution < -0.4 is 11.1 Å². The van der Waals surface area contributed by atoms with Gasteiger partial charge < -0.3 is 10.8 Å². The van der Waals surface area contributed by atoms with Crippen LogP contribution in [0.5, 0.6) is 0 Å². The van der Waals surface area contributed by atoms with Crippen molar-refractivity contribution in [2.45, 2.75) is 13.8 Å². The number of carboxylic acid groups (broad SMARTS) is 1. The first kappa shape index (κ1) is 19.6. The van der Waals surface area contributed by atoms with E-state index in [9.17, 15) is 19.2 Å². The molecule has 1 aromatic carbocycles. The van der Waals surface area contributed by atoms with Gasteiger partial charge in [0.05, 0.1) is 11.1 Å². The summed E-state index contributed by atoms with van der Waals surface area (Å²) >= 11 is 0. The normalized spacial score (nSPS) is 13.8. The van der Waals surface area contributed by atoms with Gasteiger partial charge in [-0.1, -0.05) is 36.9 Å². The Morgan fingerprint density at radius 3 is 2.08 bits per heavy atom. The van der Waals surface area contributed by atoms with Crippen molar-refractivity contribution in [1.29, 1.82) is 0 Å². The second kappa shape index (κ2) is 8.39. The van der Waals surface area contributed by atoms with E-state index in [0.717, 1.165) is 0 Å². The van der Waals surface area contributed by atoms with E-state index < -0.39 is 23.7 Å². The van der Waals surface area contributed by atoms with Gasteiger partial charge in [-0.3, -0.25) is 19.7 Å². The Kier molecular flexibility index (Phi) is 6.57. The lowest BCUT2D eigenvalue weighted by Gasteiger charge is -2.01. The van der Waals surface area contributed by atoms with E-state index in [1.165, 1.54) is 13.0 Å². The molecule has 0 fully saturated rings. The molecule has 0 aromatic heterocycles. The van der Waals surface area contributed by atoms with E-state index in [1.807, 2.05) is 0 Å². The van der Waals surface area contributed by atoms with Crippen LogP contribution in [0.3, 0.4) is 0 Å². The van der Waals surface area contributed by atoms with Crippen LogP contribution in [-0.2, 0) is 19.2 Å². The molecular weight excluding hydrogens is 324 g/mol. The van der Waals surface area contributed by atoms with Crippen molar-refractivity contribution >= 4 is 29.3 Å². The highest BCUT2D eigenvalue weighted by atomic mass is 16.4.